The number of carbonyl (C=O) groups excluding carboxylic acids is 1. The Labute approximate surface area is 274 Å². The minimum absolute atomic E-state index is 0.222. The van der Waals surface area contributed by atoms with Gasteiger partial charge in [-0.2, -0.15) is 4.98 Å². The van der Waals surface area contributed by atoms with Crippen molar-refractivity contribution in [1.82, 2.24) is 10.1 Å². The van der Waals surface area contributed by atoms with Gasteiger partial charge in [-0.25, -0.2) is 4.79 Å². The molecule has 1 aromatic carbocycles. The Bertz CT molecular complexity index is 1460. The van der Waals surface area contributed by atoms with Crippen LogP contribution >= 0.6 is 0 Å². The Morgan fingerprint density at radius 1 is 1.15 bits per heavy atom. The van der Waals surface area contributed by atoms with E-state index in [1.54, 1.807) is 0 Å². The van der Waals surface area contributed by atoms with Crippen LogP contribution in [0.15, 0.2) is 70.3 Å². The molecule has 0 spiro atoms. The number of fused-ring (bicyclic) bond motifs is 1. The molecule has 2 aromatic rings. The van der Waals surface area contributed by atoms with Crippen molar-refractivity contribution < 1.29 is 24.3 Å². The number of aromatic nitrogens is 2. The molecule has 7 atom stereocenters. The lowest BCUT2D eigenvalue weighted by Crippen LogP contribution is -2.37. The Hall–Kier alpha value is -3.03. The molecule has 4 aliphatic carbocycles. The van der Waals surface area contributed by atoms with Crippen molar-refractivity contribution in [2.75, 3.05) is 0 Å². The van der Waals surface area contributed by atoms with Crippen LogP contribution in [0.25, 0.3) is 0 Å². The third-order valence-electron chi connectivity index (χ3n) is 11.9. The van der Waals surface area contributed by atoms with Gasteiger partial charge < -0.3 is 19.5 Å². The van der Waals surface area contributed by atoms with Gasteiger partial charge in [-0.3, -0.25) is 0 Å². The van der Waals surface area contributed by atoms with Crippen molar-refractivity contribution in [3.63, 3.8) is 0 Å². The van der Waals surface area contributed by atoms with Crippen molar-refractivity contribution in [3.8, 4) is 0 Å². The van der Waals surface area contributed by atoms with Gasteiger partial charge in [0.25, 0.3) is 0 Å². The molecule has 0 saturated heterocycles. The molecule has 46 heavy (non-hydrogen) atoms. The fraction of sp³-hybridized carbons (Fsp3) is 0.615. The number of hydrogen-bond acceptors (Lipinski definition) is 7. The first-order valence-electron chi connectivity index (χ1n) is 17.7. The minimum atomic E-state index is -0.662. The fourth-order valence-electron chi connectivity index (χ4n) is 9.10. The Morgan fingerprint density at radius 3 is 2.67 bits per heavy atom. The topological polar surface area (TPSA) is 106 Å². The highest BCUT2D eigenvalue weighted by Gasteiger charge is 2.58. The lowest BCUT2D eigenvalue weighted by Gasteiger charge is -2.44. The van der Waals surface area contributed by atoms with E-state index in [2.05, 4.69) is 44.7 Å². The number of esters is 1. The van der Waals surface area contributed by atoms with Gasteiger partial charge in [0.15, 0.2) is 5.82 Å². The standard InChI is InChI=1S/C39H52N2O5/c1-5-10-35-40-37(46-41-35)39(21-22-39)34(45-36(44)28-11-7-6-8-12-28)19-14-25(2)31-17-18-32-27(13-9-20-38(31,32)4)15-16-29-23-30(42)24-33(43)26(29)3/h6-8,11-12,15-16,25,30-34,42-43H,3,5,9-10,13-14,17-24H2,1-2,4H3/t25-,30-,31-,32+,33+,34+,38-/m1/s1. The third kappa shape index (κ3) is 6.55. The van der Waals surface area contributed by atoms with E-state index in [4.69, 9.17) is 14.2 Å². The summed E-state index contributed by atoms with van der Waals surface area (Å²) in [6.07, 6.45) is 15.0. The van der Waals surface area contributed by atoms with Crippen LogP contribution in [0.3, 0.4) is 0 Å². The summed E-state index contributed by atoms with van der Waals surface area (Å²) in [6.45, 7) is 11.1. The average Bonchev–Trinajstić information content (AvgIpc) is 3.57. The highest BCUT2D eigenvalue weighted by atomic mass is 16.5. The second-order valence-corrected chi connectivity index (χ2v) is 14.9. The summed E-state index contributed by atoms with van der Waals surface area (Å²) in [5.41, 5.74) is 3.61. The highest BCUT2D eigenvalue weighted by molar-refractivity contribution is 5.89. The number of allylic oxidation sites excluding steroid dienone is 3. The van der Waals surface area contributed by atoms with Crippen LogP contribution < -0.4 is 0 Å². The monoisotopic (exact) mass is 628 g/mol. The summed E-state index contributed by atoms with van der Waals surface area (Å²) < 4.78 is 12.1. The molecule has 6 rings (SSSR count). The first-order chi connectivity index (χ1) is 22.1. The summed E-state index contributed by atoms with van der Waals surface area (Å²) in [6, 6.07) is 9.27. The van der Waals surface area contributed by atoms with Crippen LogP contribution in [0.1, 0.15) is 120 Å². The van der Waals surface area contributed by atoms with Gasteiger partial charge in [0.05, 0.1) is 23.2 Å². The SMILES string of the molecule is C=C1C(=CC=C2CCC[C@]3(C)[C@@H]([C@H](C)CC[C@H](OC(=O)c4ccccc4)C4(c5nc(CCC)no5)CC4)CC[C@@H]23)C[C@@H](O)C[C@@H]1O. The molecule has 0 amide bonds. The predicted octanol–water partition coefficient (Wildman–Crippen LogP) is 7.84. The maximum absolute atomic E-state index is 13.3. The molecule has 4 fully saturated rings. The number of aryl methyl sites for hydroxylation is 1. The van der Waals surface area contributed by atoms with Gasteiger partial charge in [-0.1, -0.05) is 68.4 Å². The zero-order chi connectivity index (χ0) is 32.5. The van der Waals surface area contributed by atoms with E-state index in [1.165, 1.54) is 31.3 Å². The van der Waals surface area contributed by atoms with E-state index >= 15 is 0 Å². The normalized spacial score (nSPS) is 31.9. The number of ether oxygens (including phenoxy) is 1. The van der Waals surface area contributed by atoms with E-state index in [0.717, 1.165) is 61.9 Å². The highest BCUT2D eigenvalue weighted by Crippen LogP contribution is 2.60. The molecule has 4 saturated carbocycles. The van der Waals surface area contributed by atoms with E-state index in [0.29, 0.717) is 42.0 Å². The van der Waals surface area contributed by atoms with Crippen molar-refractivity contribution >= 4 is 5.97 Å². The van der Waals surface area contributed by atoms with E-state index in [9.17, 15) is 15.0 Å². The number of aliphatic hydroxyl groups excluding tert-OH is 2. The molecule has 0 aliphatic heterocycles. The van der Waals surface area contributed by atoms with Gasteiger partial charge in [0.2, 0.25) is 5.89 Å². The molecule has 7 nitrogen and oxygen atoms in total. The molecule has 0 bridgehead atoms. The average molecular weight is 629 g/mol. The lowest BCUT2D eigenvalue weighted by molar-refractivity contribution is 0.00902. The summed E-state index contributed by atoms with van der Waals surface area (Å²) in [7, 11) is 0. The number of nitrogens with zero attached hydrogens (tertiary/aromatic N) is 2. The zero-order valence-corrected chi connectivity index (χ0v) is 27.9. The van der Waals surface area contributed by atoms with Crippen LogP contribution in [0.4, 0.5) is 0 Å². The molecule has 7 heteroatoms. The summed E-state index contributed by atoms with van der Waals surface area (Å²) in [5.74, 6) is 2.66. The van der Waals surface area contributed by atoms with Crippen LogP contribution in [0.5, 0.6) is 0 Å². The maximum atomic E-state index is 13.3. The molecular weight excluding hydrogens is 576 g/mol. The van der Waals surface area contributed by atoms with E-state index in [-0.39, 0.29) is 17.5 Å². The molecule has 248 valence electrons. The number of carbonyl (C=O) groups is 1. The predicted molar refractivity (Wildman–Crippen MR) is 178 cm³/mol. The van der Waals surface area contributed by atoms with E-state index in [1.807, 2.05) is 30.3 Å². The molecule has 1 heterocycles. The van der Waals surface area contributed by atoms with Gasteiger partial charge in [-0.05, 0) is 117 Å². The molecular formula is C39H52N2O5. The Morgan fingerprint density at radius 2 is 1.93 bits per heavy atom. The first kappa shape index (κ1) is 32.9. The first-order valence-corrected chi connectivity index (χ1v) is 17.7. The van der Waals surface area contributed by atoms with Gasteiger partial charge in [-0.15, -0.1) is 0 Å². The number of benzene rings is 1. The molecule has 2 N–H and O–H groups in total. The molecule has 1 aromatic heterocycles. The van der Waals surface area contributed by atoms with Crippen LogP contribution in [0, 0.1) is 23.2 Å². The van der Waals surface area contributed by atoms with E-state index < -0.39 is 17.6 Å². The van der Waals surface area contributed by atoms with Gasteiger partial charge in [0.1, 0.15) is 6.10 Å². The molecule has 4 aliphatic rings. The quantitative estimate of drug-likeness (QED) is 0.244. The minimum Gasteiger partial charge on any atom is -0.458 e. The fourth-order valence-corrected chi connectivity index (χ4v) is 9.10. The number of hydrogen-bond donors (Lipinski definition) is 2. The van der Waals surface area contributed by atoms with Crippen molar-refractivity contribution in [1.29, 1.82) is 0 Å². The largest absolute Gasteiger partial charge is 0.458 e. The summed E-state index contributed by atoms with van der Waals surface area (Å²) in [4.78, 5) is 18.1. The van der Waals surface area contributed by atoms with Crippen LogP contribution in [-0.4, -0.2) is 44.6 Å². The van der Waals surface area contributed by atoms with Crippen molar-refractivity contribution in [2.45, 2.75) is 128 Å². The summed E-state index contributed by atoms with van der Waals surface area (Å²) in [5, 5.41) is 24.8. The lowest BCUT2D eigenvalue weighted by atomic mass is 9.60. The number of rotatable bonds is 11. The second-order valence-electron chi connectivity index (χ2n) is 14.9. The number of aliphatic hydroxyl groups is 2. The third-order valence-corrected chi connectivity index (χ3v) is 11.9. The molecule has 0 unspecified atom stereocenters. The van der Waals surface area contributed by atoms with Crippen molar-refractivity contribution in [3.05, 3.63) is 83.1 Å². The maximum Gasteiger partial charge on any atom is 0.338 e. The Balaban J connectivity index is 1.17. The van der Waals surface area contributed by atoms with Gasteiger partial charge in [0, 0.05) is 12.8 Å². The molecule has 0 radical (unpaired) electrons. The van der Waals surface area contributed by atoms with Gasteiger partial charge >= 0.3 is 5.97 Å². The summed E-state index contributed by atoms with van der Waals surface area (Å²) >= 11 is 0. The zero-order valence-electron chi connectivity index (χ0n) is 27.9. The van der Waals surface area contributed by atoms with Crippen LogP contribution in [-0.2, 0) is 16.6 Å². The van der Waals surface area contributed by atoms with Crippen LogP contribution in [0.2, 0.25) is 0 Å². The second kappa shape index (κ2) is 13.6. The Kier molecular flexibility index (Phi) is 9.73. The van der Waals surface area contributed by atoms with Crippen molar-refractivity contribution in [2.24, 2.45) is 23.2 Å². The smallest absolute Gasteiger partial charge is 0.338 e.